The molecule has 0 atom stereocenters. The van der Waals surface area contributed by atoms with Crippen LogP contribution in [0.1, 0.15) is 0 Å². The number of furan rings is 1. The predicted molar refractivity (Wildman–Crippen MR) is 79.2 cm³/mol. The lowest BCUT2D eigenvalue weighted by molar-refractivity contribution is 0.584. The third-order valence-corrected chi connectivity index (χ3v) is 3.42. The molecule has 3 aromatic heterocycles. The van der Waals surface area contributed by atoms with Crippen molar-refractivity contribution >= 4 is 11.0 Å². The summed E-state index contributed by atoms with van der Waals surface area (Å²) >= 11 is 0. The third kappa shape index (κ3) is 1.72. The van der Waals surface area contributed by atoms with E-state index in [0.29, 0.717) is 0 Å². The van der Waals surface area contributed by atoms with Gasteiger partial charge >= 0.3 is 0 Å². The predicted octanol–water partition coefficient (Wildman–Crippen LogP) is 4.49. The van der Waals surface area contributed by atoms with Crippen LogP contribution in [0.2, 0.25) is 0 Å². The van der Waals surface area contributed by atoms with Crippen LogP contribution < -0.4 is 0 Å². The summed E-state index contributed by atoms with van der Waals surface area (Å²) in [7, 11) is 0. The summed E-state index contributed by atoms with van der Waals surface area (Å²) in [6.45, 7) is 0. The fourth-order valence-corrected chi connectivity index (χ4v) is 2.42. The molecule has 3 nitrogen and oxygen atoms in total. The van der Waals surface area contributed by atoms with E-state index in [1.54, 1.807) is 12.5 Å². The topological polar surface area (TPSA) is 41.8 Å². The summed E-state index contributed by atoms with van der Waals surface area (Å²) in [4.78, 5) is 7.46. The van der Waals surface area contributed by atoms with Crippen LogP contribution in [-0.2, 0) is 0 Å². The summed E-state index contributed by atoms with van der Waals surface area (Å²) in [5, 5.41) is 1.07. The van der Waals surface area contributed by atoms with Gasteiger partial charge in [0, 0.05) is 28.9 Å². The molecule has 3 heteroatoms. The Morgan fingerprint density at radius 1 is 0.950 bits per heavy atom. The van der Waals surface area contributed by atoms with Crippen LogP contribution in [0.4, 0.5) is 0 Å². The largest absolute Gasteiger partial charge is 0.464 e. The van der Waals surface area contributed by atoms with Gasteiger partial charge in [0.05, 0.1) is 6.26 Å². The Labute approximate surface area is 115 Å². The van der Waals surface area contributed by atoms with Gasteiger partial charge in [0.2, 0.25) is 0 Å². The number of aromatic amines is 1. The number of H-pyrrole nitrogens is 1. The van der Waals surface area contributed by atoms with Crippen molar-refractivity contribution in [2.45, 2.75) is 0 Å². The Morgan fingerprint density at radius 3 is 2.75 bits per heavy atom. The molecule has 0 unspecified atom stereocenters. The highest BCUT2D eigenvalue weighted by atomic mass is 16.3. The van der Waals surface area contributed by atoms with E-state index in [1.807, 2.05) is 36.5 Å². The minimum Gasteiger partial charge on any atom is -0.464 e. The Hall–Kier alpha value is -2.81. The summed E-state index contributed by atoms with van der Waals surface area (Å²) in [5.74, 6) is 0.850. The molecule has 0 saturated carbocycles. The van der Waals surface area contributed by atoms with Crippen LogP contribution in [0.3, 0.4) is 0 Å². The van der Waals surface area contributed by atoms with Gasteiger partial charge in [-0.25, -0.2) is 4.98 Å². The number of nitrogens with one attached hydrogen (secondary N) is 1. The Kier molecular flexibility index (Phi) is 2.42. The first-order valence-electron chi connectivity index (χ1n) is 6.48. The quantitative estimate of drug-likeness (QED) is 0.577. The van der Waals surface area contributed by atoms with Gasteiger partial charge in [0.25, 0.3) is 0 Å². The molecule has 0 fully saturated rings. The second-order valence-electron chi connectivity index (χ2n) is 4.67. The smallest absolute Gasteiger partial charge is 0.137 e. The molecule has 0 aliphatic rings. The van der Waals surface area contributed by atoms with E-state index in [2.05, 4.69) is 28.2 Å². The molecule has 0 radical (unpaired) electrons. The maximum atomic E-state index is 5.72. The highest BCUT2D eigenvalue weighted by molar-refractivity contribution is 5.92. The minimum absolute atomic E-state index is 0.850. The number of pyridine rings is 1. The highest BCUT2D eigenvalue weighted by Crippen LogP contribution is 2.32. The molecule has 0 spiro atoms. The first kappa shape index (κ1) is 11.1. The molecular formula is C17H12N2O. The van der Waals surface area contributed by atoms with Crippen molar-refractivity contribution in [2.24, 2.45) is 0 Å². The van der Waals surface area contributed by atoms with E-state index in [4.69, 9.17) is 4.42 Å². The van der Waals surface area contributed by atoms with Crippen LogP contribution in [0.15, 0.2) is 71.6 Å². The fraction of sp³-hybridized carbons (Fsp3) is 0. The van der Waals surface area contributed by atoms with Crippen molar-refractivity contribution in [2.75, 3.05) is 0 Å². The number of aromatic nitrogens is 2. The van der Waals surface area contributed by atoms with Crippen molar-refractivity contribution in [3.63, 3.8) is 0 Å². The second-order valence-corrected chi connectivity index (χ2v) is 4.67. The molecule has 4 rings (SSSR count). The van der Waals surface area contributed by atoms with Gasteiger partial charge in [-0.05, 0) is 23.8 Å². The number of rotatable bonds is 2. The summed E-state index contributed by atoms with van der Waals surface area (Å²) < 4.78 is 5.72. The van der Waals surface area contributed by atoms with Gasteiger partial charge in [-0.2, -0.15) is 0 Å². The maximum absolute atomic E-state index is 5.72. The summed E-state index contributed by atoms with van der Waals surface area (Å²) in [6, 6.07) is 16.2. The Morgan fingerprint density at radius 2 is 1.85 bits per heavy atom. The second kappa shape index (κ2) is 4.38. The molecular weight excluding hydrogens is 248 g/mol. The number of benzene rings is 1. The zero-order chi connectivity index (χ0) is 13.4. The zero-order valence-electron chi connectivity index (χ0n) is 10.7. The molecule has 3 heterocycles. The molecule has 0 bridgehead atoms. The zero-order valence-corrected chi connectivity index (χ0v) is 10.7. The monoisotopic (exact) mass is 260 g/mol. The molecule has 20 heavy (non-hydrogen) atoms. The average Bonchev–Trinajstić information content (AvgIpc) is 3.14. The fourth-order valence-electron chi connectivity index (χ4n) is 2.42. The highest BCUT2D eigenvalue weighted by Gasteiger charge is 2.11. The van der Waals surface area contributed by atoms with Gasteiger partial charge in [0.15, 0.2) is 0 Å². The molecule has 96 valence electrons. The molecule has 0 amide bonds. The SMILES string of the molecule is c1ccc(-c2coc(-c3c[nH]c4ncccc34)c2)cc1. The van der Waals surface area contributed by atoms with Gasteiger partial charge in [-0.3, -0.25) is 0 Å². The standard InChI is InChI=1S/C17H12N2O/c1-2-5-12(6-3-1)13-9-16(20-11-13)15-10-19-17-14(15)7-4-8-18-17/h1-11H,(H,18,19). The lowest BCUT2D eigenvalue weighted by atomic mass is 10.1. The van der Waals surface area contributed by atoms with Crippen molar-refractivity contribution in [3.8, 4) is 22.5 Å². The van der Waals surface area contributed by atoms with Crippen LogP contribution in [0.5, 0.6) is 0 Å². The van der Waals surface area contributed by atoms with Crippen LogP contribution in [0.25, 0.3) is 33.5 Å². The summed E-state index contributed by atoms with van der Waals surface area (Å²) in [6.07, 6.45) is 5.51. The molecule has 4 aromatic rings. The first-order valence-corrected chi connectivity index (χ1v) is 6.48. The van der Waals surface area contributed by atoms with Gasteiger partial charge in [0.1, 0.15) is 11.4 Å². The van der Waals surface area contributed by atoms with E-state index in [9.17, 15) is 0 Å². The molecule has 0 saturated heterocycles. The molecule has 1 aromatic carbocycles. The number of hydrogen-bond donors (Lipinski definition) is 1. The van der Waals surface area contributed by atoms with Crippen molar-refractivity contribution < 1.29 is 4.42 Å². The Balaban J connectivity index is 1.82. The number of nitrogens with zero attached hydrogens (tertiary/aromatic N) is 1. The van der Waals surface area contributed by atoms with E-state index in [-0.39, 0.29) is 0 Å². The van der Waals surface area contributed by atoms with E-state index in [1.165, 1.54) is 0 Å². The maximum Gasteiger partial charge on any atom is 0.137 e. The van der Waals surface area contributed by atoms with E-state index >= 15 is 0 Å². The Bertz CT molecular complexity index is 859. The van der Waals surface area contributed by atoms with E-state index in [0.717, 1.165) is 33.5 Å². The molecule has 0 aliphatic heterocycles. The van der Waals surface area contributed by atoms with Crippen molar-refractivity contribution in [1.29, 1.82) is 0 Å². The van der Waals surface area contributed by atoms with Gasteiger partial charge in [-0.1, -0.05) is 30.3 Å². The van der Waals surface area contributed by atoms with Crippen LogP contribution in [0, 0.1) is 0 Å². The number of fused-ring (bicyclic) bond motifs is 1. The number of hydrogen-bond acceptors (Lipinski definition) is 2. The lowest BCUT2D eigenvalue weighted by Gasteiger charge is -1.94. The van der Waals surface area contributed by atoms with Crippen molar-refractivity contribution in [1.82, 2.24) is 9.97 Å². The van der Waals surface area contributed by atoms with Crippen LogP contribution in [-0.4, -0.2) is 9.97 Å². The van der Waals surface area contributed by atoms with Crippen molar-refractivity contribution in [3.05, 3.63) is 67.2 Å². The first-order chi connectivity index (χ1) is 9.92. The van der Waals surface area contributed by atoms with Gasteiger partial charge in [-0.15, -0.1) is 0 Å². The summed E-state index contributed by atoms with van der Waals surface area (Å²) in [5.41, 5.74) is 4.15. The average molecular weight is 260 g/mol. The lowest BCUT2D eigenvalue weighted by Crippen LogP contribution is -1.74. The van der Waals surface area contributed by atoms with Gasteiger partial charge < -0.3 is 9.40 Å². The third-order valence-electron chi connectivity index (χ3n) is 3.42. The van der Waals surface area contributed by atoms with E-state index < -0.39 is 0 Å². The minimum atomic E-state index is 0.850. The normalized spacial score (nSPS) is 11.0. The molecule has 1 N–H and O–H groups in total. The molecule has 0 aliphatic carbocycles. The van der Waals surface area contributed by atoms with Crippen LogP contribution >= 0.6 is 0 Å².